The predicted octanol–water partition coefficient (Wildman–Crippen LogP) is 1.65. The average molecular weight is 284 g/mol. The summed E-state index contributed by atoms with van der Waals surface area (Å²) in [6.45, 7) is 4.63. The lowest BCUT2D eigenvalue weighted by molar-refractivity contribution is -0.136. The molecule has 2 fully saturated rings. The molecule has 1 aliphatic carbocycles. The molecule has 1 saturated carbocycles. The summed E-state index contributed by atoms with van der Waals surface area (Å²) in [6.07, 6.45) is 5.04. The summed E-state index contributed by atoms with van der Waals surface area (Å²) in [5.41, 5.74) is 0. The van der Waals surface area contributed by atoms with Crippen LogP contribution < -0.4 is 5.32 Å². The maximum Gasteiger partial charge on any atom is 0.245 e. The number of hydrogen-bond acceptors (Lipinski definition) is 3. The average Bonchev–Trinajstić information content (AvgIpc) is 2.84. The van der Waals surface area contributed by atoms with E-state index in [1.807, 2.05) is 20.9 Å². The van der Waals surface area contributed by atoms with Crippen LogP contribution in [0.3, 0.4) is 0 Å². The Kier molecular flexibility index (Phi) is 4.43. The van der Waals surface area contributed by atoms with Gasteiger partial charge in [0.1, 0.15) is 6.04 Å². The second-order valence-electron chi connectivity index (χ2n) is 6.22. The number of carbonyl (C=O) groups is 2. The molecule has 0 aromatic rings. The lowest BCUT2D eigenvalue weighted by Crippen LogP contribution is -2.57. The van der Waals surface area contributed by atoms with Crippen molar-refractivity contribution >= 4 is 23.6 Å². The summed E-state index contributed by atoms with van der Waals surface area (Å²) < 4.78 is -0.416. The molecular weight excluding hydrogens is 260 g/mol. The van der Waals surface area contributed by atoms with Gasteiger partial charge in [-0.2, -0.15) is 0 Å². The lowest BCUT2D eigenvalue weighted by atomic mass is 10.1. The summed E-state index contributed by atoms with van der Waals surface area (Å²) >= 11 is 1.57. The fourth-order valence-electron chi connectivity index (χ4n) is 2.80. The van der Waals surface area contributed by atoms with Crippen LogP contribution in [0.4, 0.5) is 0 Å². The van der Waals surface area contributed by atoms with Crippen molar-refractivity contribution < 1.29 is 9.59 Å². The molecular formula is C14H24N2O2S. The molecule has 1 atom stereocenters. The lowest BCUT2D eigenvalue weighted by Gasteiger charge is -2.35. The topological polar surface area (TPSA) is 49.4 Å². The van der Waals surface area contributed by atoms with Gasteiger partial charge in [-0.05, 0) is 32.6 Å². The Balaban J connectivity index is 1.87. The second kappa shape index (κ2) is 5.73. The molecule has 1 heterocycles. The highest BCUT2D eigenvalue weighted by atomic mass is 32.2. The van der Waals surface area contributed by atoms with E-state index in [1.165, 1.54) is 25.7 Å². The van der Waals surface area contributed by atoms with Crippen LogP contribution in [-0.4, -0.2) is 46.8 Å². The van der Waals surface area contributed by atoms with Crippen molar-refractivity contribution in [3.8, 4) is 0 Å². The minimum Gasteiger partial charge on any atom is -0.344 e. The molecule has 108 valence electrons. The van der Waals surface area contributed by atoms with Crippen LogP contribution in [-0.2, 0) is 9.59 Å². The summed E-state index contributed by atoms with van der Waals surface area (Å²) in [6, 6.07) is -0.350. The molecule has 0 aromatic carbocycles. The van der Waals surface area contributed by atoms with Gasteiger partial charge >= 0.3 is 0 Å². The monoisotopic (exact) mass is 284 g/mol. The van der Waals surface area contributed by atoms with Crippen molar-refractivity contribution in [1.29, 1.82) is 0 Å². The number of nitrogens with one attached hydrogen (secondary N) is 1. The van der Waals surface area contributed by atoms with Crippen molar-refractivity contribution in [3.63, 3.8) is 0 Å². The highest BCUT2D eigenvalue weighted by molar-refractivity contribution is 8.01. The fourth-order valence-corrected chi connectivity index (χ4v) is 3.80. The van der Waals surface area contributed by atoms with Gasteiger partial charge in [-0.1, -0.05) is 12.8 Å². The van der Waals surface area contributed by atoms with Gasteiger partial charge in [0.05, 0.1) is 4.75 Å². The van der Waals surface area contributed by atoms with Crippen molar-refractivity contribution in [2.45, 2.75) is 50.3 Å². The maximum absolute atomic E-state index is 12.3. The van der Waals surface area contributed by atoms with E-state index in [0.717, 1.165) is 6.54 Å². The van der Waals surface area contributed by atoms with Crippen LogP contribution in [0.1, 0.15) is 39.5 Å². The van der Waals surface area contributed by atoms with Crippen LogP contribution >= 0.6 is 11.8 Å². The minimum absolute atomic E-state index is 0.0311. The summed E-state index contributed by atoms with van der Waals surface area (Å²) in [7, 11) is 1.86. The number of nitrogens with zero attached hydrogens (tertiary/aromatic N) is 1. The van der Waals surface area contributed by atoms with Gasteiger partial charge in [-0.25, -0.2) is 0 Å². The Morgan fingerprint density at radius 2 is 2.05 bits per heavy atom. The number of carbonyl (C=O) groups excluding carboxylic acids is 2. The Morgan fingerprint density at radius 1 is 1.42 bits per heavy atom. The normalized spacial score (nSPS) is 27.1. The Hall–Kier alpha value is -0.710. The van der Waals surface area contributed by atoms with Crippen LogP contribution in [0.2, 0.25) is 0 Å². The highest BCUT2D eigenvalue weighted by Gasteiger charge is 2.38. The summed E-state index contributed by atoms with van der Waals surface area (Å²) in [4.78, 5) is 26.0. The van der Waals surface area contributed by atoms with Gasteiger partial charge in [0.25, 0.3) is 0 Å². The molecule has 0 radical (unpaired) electrons. The van der Waals surface area contributed by atoms with E-state index in [-0.39, 0.29) is 17.9 Å². The number of rotatable bonds is 3. The van der Waals surface area contributed by atoms with E-state index in [0.29, 0.717) is 11.7 Å². The van der Waals surface area contributed by atoms with E-state index in [9.17, 15) is 9.59 Å². The van der Waals surface area contributed by atoms with Crippen molar-refractivity contribution in [2.75, 3.05) is 19.3 Å². The van der Waals surface area contributed by atoms with E-state index in [1.54, 1.807) is 16.7 Å². The van der Waals surface area contributed by atoms with E-state index in [2.05, 4.69) is 5.32 Å². The highest BCUT2D eigenvalue weighted by Crippen LogP contribution is 2.30. The number of hydrogen-bond donors (Lipinski definition) is 1. The Morgan fingerprint density at radius 3 is 2.63 bits per heavy atom. The third-order valence-electron chi connectivity index (χ3n) is 4.14. The number of amides is 2. The SMILES string of the molecule is CN(CC1CCCC1)C(=O)C1CSC(C)(C)C(=O)N1. The third-order valence-corrected chi connectivity index (χ3v) is 5.55. The van der Waals surface area contributed by atoms with Gasteiger partial charge in [0.2, 0.25) is 11.8 Å². The first-order valence-corrected chi connectivity index (χ1v) is 8.08. The predicted molar refractivity (Wildman–Crippen MR) is 78.1 cm³/mol. The van der Waals surface area contributed by atoms with E-state index < -0.39 is 4.75 Å². The molecule has 4 nitrogen and oxygen atoms in total. The van der Waals surface area contributed by atoms with Gasteiger partial charge in [0.15, 0.2) is 0 Å². The number of thioether (sulfide) groups is 1. The molecule has 0 spiro atoms. The molecule has 5 heteroatoms. The minimum atomic E-state index is -0.416. The van der Waals surface area contributed by atoms with Crippen LogP contribution in [0.15, 0.2) is 0 Å². The zero-order valence-corrected chi connectivity index (χ0v) is 12.9. The first-order chi connectivity index (χ1) is 8.90. The van der Waals surface area contributed by atoms with Crippen LogP contribution in [0.5, 0.6) is 0 Å². The second-order valence-corrected chi connectivity index (χ2v) is 7.86. The van der Waals surface area contributed by atoms with Crippen molar-refractivity contribution in [1.82, 2.24) is 10.2 Å². The first kappa shape index (κ1) is 14.7. The molecule has 2 amide bonds. The molecule has 1 aliphatic heterocycles. The van der Waals surface area contributed by atoms with Crippen molar-refractivity contribution in [3.05, 3.63) is 0 Å². The van der Waals surface area contributed by atoms with Gasteiger partial charge in [-0.3, -0.25) is 9.59 Å². The molecule has 0 bridgehead atoms. The zero-order valence-electron chi connectivity index (χ0n) is 12.1. The molecule has 2 aliphatic rings. The first-order valence-electron chi connectivity index (χ1n) is 7.10. The molecule has 2 rings (SSSR count). The van der Waals surface area contributed by atoms with Crippen LogP contribution in [0.25, 0.3) is 0 Å². The maximum atomic E-state index is 12.3. The van der Waals surface area contributed by atoms with E-state index >= 15 is 0 Å². The standard InChI is InChI=1S/C14H24N2O2S/c1-14(2)13(18)15-11(9-19-14)12(17)16(3)8-10-6-4-5-7-10/h10-11H,4-9H2,1-3H3,(H,15,18). The molecule has 1 saturated heterocycles. The molecule has 1 unspecified atom stereocenters. The van der Waals surface area contributed by atoms with E-state index in [4.69, 9.17) is 0 Å². The van der Waals surface area contributed by atoms with Crippen LogP contribution in [0, 0.1) is 5.92 Å². The Bertz CT molecular complexity index is 364. The number of likely N-dealkylation sites (N-methyl/N-ethyl adjacent to an activating group) is 1. The smallest absolute Gasteiger partial charge is 0.245 e. The quantitative estimate of drug-likeness (QED) is 0.857. The Labute approximate surface area is 119 Å². The summed E-state index contributed by atoms with van der Waals surface area (Å²) in [5, 5.41) is 2.86. The van der Waals surface area contributed by atoms with Gasteiger partial charge in [0, 0.05) is 19.3 Å². The summed E-state index contributed by atoms with van der Waals surface area (Å²) in [5.74, 6) is 1.35. The zero-order chi connectivity index (χ0) is 14.0. The largest absolute Gasteiger partial charge is 0.344 e. The van der Waals surface area contributed by atoms with Gasteiger partial charge < -0.3 is 10.2 Å². The molecule has 1 N–H and O–H groups in total. The molecule has 0 aromatic heterocycles. The van der Waals surface area contributed by atoms with Crippen molar-refractivity contribution in [2.24, 2.45) is 5.92 Å². The molecule has 19 heavy (non-hydrogen) atoms. The van der Waals surface area contributed by atoms with Gasteiger partial charge in [-0.15, -0.1) is 11.8 Å². The fraction of sp³-hybridized carbons (Fsp3) is 0.857. The third kappa shape index (κ3) is 3.44.